The van der Waals surface area contributed by atoms with Gasteiger partial charge in [-0.3, -0.25) is 4.68 Å². The first kappa shape index (κ1) is 12.2. The number of aryl methyl sites for hydroxylation is 1. The Bertz CT molecular complexity index is 409. The maximum absolute atomic E-state index is 11.0. The molecule has 0 fully saturated rings. The predicted octanol–water partition coefficient (Wildman–Crippen LogP) is 0.967. The summed E-state index contributed by atoms with van der Waals surface area (Å²) in [6.07, 6.45) is 4.84. The average Bonchev–Trinajstić information content (AvgIpc) is 2.51. The standard InChI is InChI=1S/C9H17N3O2S/c1-8(2)4-3-5-12-7-9(6-11-12)15(10,13)14/h6-8H,3-5H2,1-2H3,(H2,10,13,14). The molecule has 0 saturated carbocycles. The number of primary sulfonamides is 1. The molecule has 15 heavy (non-hydrogen) atoms. The Kier molecular flexibility index (Phi) is 3.87. The molecule has 86 valence electrons. The Morgan fingerprint density at radius 2 is 2.20 bits per heavy atom. The number of hydrogen-bond acceptors (Lipinski definition) is 3. The molecule has 1 aromatic heterocycles. The highest BCUT2D eigenvalue weighted by atomic mass is 32.2. The Balaban J connectivity index is 2.54. The van der Waals surface area contributed by atoms with Crippen LogP contribution in [0.25, 0.3) is 0 Å². The van der Waals surface area contributed by atoms with Crippen molar-refractivity contribution in [3.8, 4) is 0 Å². The van der Waals surface area contributed by atoms with Crippen molar-refractivity contribution in [1.29, 1.82) is 0 Å². The highest BCUT2D eigenvalue weighted by Gasteiger charge is 2.10. The van der Waals surface area contributed by atoms with Crippen LogP contribution in [-0.2, 0) is 16.6 Å². The zero-order valence-corrected chi connectivity index (χ0v) is 9.87. The maximum Gasteiger partial charge on any atom is 0.241 e. The lowest BCUT2D eigenvalue weighted by molar-refractivity contribution is 0.489. The third-order valence-corrected chi connectivity index (χ3v) is 2.97. The van der Waals surface area contributed by atoms with Gasteiger partial charge in [0.05, 0.1) is 6.20 Å². The summed E-state index contributed by atoms with van der Waals surface area (Å²) in [6.45, 7) is 5.03. The van der Waals surface area contributed by atoms with Crippen LogP contribution in [-0.4, -0.2) is 18.2 Å². The molecule has 5 nitrogen and oxygen atoms in total. The SMILES string of the molecule is CC(C)CCCn1cc(S(N)(=O)=O)cn1. The van der Waals surface area contributed by atoms with Crippen molar-refractivity contribution in [1.82, 2.24) is 9.78 Å². The quantitative estimate of drug-likeness (QED) is 0.820. The highest BCUT2D eigenvalue weighted by molar-refractivity contribution is 7.89. The lowest BCUT2D eigenvalue weighted by Crippen LogP contribution is -2.11. The van der Waals surface area contributed by atoms with Gasteiger partial charge in [-0.15, -0.1) is 0 Å². The van der Waals surface area contributed by atoms with Crippen molar-refractivity contribution in [3.63, 3.8) is 0 Å². The van der Waals surface area contributed by atoms with E-state index in [1.807, 2.05) is 0 Å². The lowest BCUT2D eigenvalue weighted by Gasteiger charge is -2.03. The second kappa shape index (κ2) is 4.76. The summed E-state index contributed by atoms with van der Waals surface area (Å²) in [6, 6.07) is 0. The fourth-order valence-corrected chi connectivity index (χ4v) is 1.74. The summed E-state index contributed by atoms with van der Waals surface area (Å²) in [7, 11) is -3.61. The number of hydrogen-bond donors (Lipinski definition) is 1. The van der Waals surface area contributed by atoms with Crippen molar-refractivity contribution < 1.29 is 8.42 Å². The Morgan fingerprint density at radius 1 is 1.53 bits per heavy atom. The summed E-state index contributed by atoms with van der Waals surface area (Å²) in [5, 5.41) is 8.90. The Morgan fingerprint density at radius 3 is 2.67 bits per heavy atom. The molecule has 2 N–H and O–H groups in total. The summed E-state index contributed by atoms with van der Waals surface area (Å²) in [5.41, 5.74) is 0. The smallest absolute Gasteiger partial charge is 0.241 e. The van der Waals surface area contributed by atoms with Crippen LogP contribution in [0.3, 0.4) is 0 Å². The van der Waals surface area contributed by atoms with E-state index in [2.05, 4.69) is 18.9 Å². The summed E-state index contributed by atoms with van der Waals surface area (Å²) >= 11 is 0. The van der Waals surface area contributed by atoms with Crippen molar-refractivity contribution in [2.75, 3.05) is 0 Å². The van der Waals surface area contributed by atoms with Crippen molar-refractivity contribution >= 4 is 10.0 Å². The van der Waals surface area contributed by atoms with E-state index in [4.69, 9.17) is 5.14 Å². The molecule has 1 heterocycles. The van der Waals surface area contributed by atoms with Crippen LogP contribution in [0.4, 0.5) is 0 Å². The van der Waals surface area contributed by atoms with Gasteiger partial charge in [-0.1, -0.05) is 13.8 Å². The van der Waals surface area contributed by atoms with E-state index < -0.39 is 10.0 Å². The number of sulfonamides is 1. The fourth-order valence-electron chi connectivity index (χ4n) is 1.28. The first-order chi connectivity index (χ1) is 6.89. The van der Waals surface area contributed by atoms with E-state index in [0.717, 1.165) is 19.4 Å². The zero-order chi connectivity index (χ0) is 11.5. The van der Waals surface area contributed by atoms with E-state index in [9.17, 15) is 8.42 Å². The molecular weight excluding hydrogens is 214 g/mol. The minimum atomic E-state index is -3.61. The van der Waals surface area contributed by atoms with Gasteiger partial charge in [0.1, 0.15) is 4.90 Å². The number of aromatic nitrogens is 2. The number of nitrogens with two attached hydrogens (primary N) is 1. The molecule has 1 aromatic rings. The molecule has 0 amide bonds. The molecule has 0 spiro atoms. The molecule has 0 radical (unpaired) electrons. The van der Waals surface area contributed by atoms with Crippen molar-refractivity contribution in [3.05, 3.63) is 12.4 Å². The van der Waals surface area contributed by atoms with Gasteiger partial charge in [0.15, 0.2) is 0 Å². The van der Waals surface area contributed by atoms with Crippen LogP contribution in [0.2, 0.25) is 0 Å². The van der Waals surface area contributed by atoms with Crippen LogP contribution in [0.1, 0.15) is 26.7 Å². The van der Waals surface area contributed by atoms with Crippen LogP contribution >= 0.6 is 0 Å². The maximum atomic E-state index is 11.0. The largest absolute Gasteiger partial charge is 0.271 e. The van der Waals surface area contributed by atoms with E-state index in [0.29, 0.717) is 5.92 Å². The van der Waals surface area contributed by atoms with Crippen LogP contribution < -0.4 is 5.14 Å². The molecule has 0 aromatic carbocycles. The molecule has 1 rings (SSSR count). The molecule has 0 aliphatic heterocycles. The molecule has 6 heteroatoms. The van der Waals surface area contributed by atoms with Gasteiger partial charge in [0.25, 0.3) is 0 Å². The van der Waals surface area contributed by atoms with E-state index in [1.54, 1.807) is 4.68 Å². The third-order valence-electron chi connectivity index (χ3n) is 2.11. The lowest BCUT2D eigenvalue weighted by atomic mass is 10.1. The second-order valence-electron chi connectivity index (χ2n) is 4.02. The van der Waals surface area contributed by atoms with Gasteiger partial charge in [0.2, 0.25) is 10.0 Å². The van der Waals surface area contributed by atoms with E-state index in [1.165, 1.54) is 12.4 Å². The van der Waals surface area contributed by atoms with Crippen LogP contribution in [0.15, 0.2) is 17.3 Å². The summed E-state index contributed by atoms with van der Waals surface area (Å²) < 4.78 is 23.5. The zero-order valence-electron chi connectivity index (χ0n) is 9.05. The van der Waals surface area contributed by atoms with Gasteiger partial charge in [-0.25, -0.2) is 13.6 Å². The van der Waals surface area contributed by atoms with Crippen molar-refractivity contribution in [2.24, 2.45) is 11.1 Å². The van der Waals surface area contributed by atoms with Crippen LogP contribution in [0.5, 0.6) is 0 Å². The first-order valence-electron chi connectivity index (χ1n) is 4.95. The van der Waals surface area contributed by atoms with Gasteiger partial charge in [-0.05, 0) is 18.8 Å². The summed E-state index contributed by atoms with van der Waals surface area (Å²) in [5.74, 6) is 0.651. The highest BCUT2D eigenvalue weighted by Crippen LogP contribution is 2.07. The second-order valence-corrected chi connectivity index (χ2v) is 5.58. The van der Waals surface area contributed by atoms with Gasteiger partial charge in [0, 0.05) is 12.7 Å². The number of nitrogens with zero attached hydrogens (tertiary/aromatic N) is 2. The third kappa shape index (κ3) is 4.01. The molecular formula is C9H17N3O2S. The molecule has 0 atom stereocenters. The van der Waals surface area contributed by atoms with Crippen molar-refractivity contribution in [2.45, 2.75) is 38.1 Å². The van der Waals surface area contributed by atoms with Gasteiger partial charge < -0.3 is 0 Å². The normalized spacial score (nSPS) is 12.3. The van der Waals surface area contributed by atoms with Gasteiger partial charge in [-0.2, -0.15) is 5.10 Å². The number of rotatable bonds is 5. The molecule has 0 saturated heterocycles. The van der Waals surface area contributed by atoms with Gasteiger partial charge >= 0.3 is 0 Å². The van der Waals surface area contributed by atoms with E-state index in [-0.39, 0.29) is 4.90 Å². The Labute approximate surface area is 90.3 Å². The first-order valence-corrected chi connectivity index (χ1v) is 6.49. The minimum absolute atomic E-state index is 0.0760. The topological polar surface area (TPSA) is 78.0 Å². The van der Waals surface area contributed by atoms with E-state index >= 15 is 0 Å². The molecule has 0 unspecified atom stereocenters. The average molecular weight is 231 g/mol. The minimum Gasteiger partial charge on any atom is -0.271 e. The van der Waals surface area contributed by atoms with Crippen LogP contribution in [0, 0.1) is 5.92 Å². The monoisotopic (exact) mass is 231 g/mol. The summed E-state index contributed by atoms with van der Waals surface area (Å²) in [4.78, 5) is 0.0760. The molecule has 0 bridgehead atoms. The molecule has 0 aliphatic rings. The molecule has 0 aliphatic carbocycles. The Hall–Kier alpha value is -0.880. The fraction of sp³-hybridized carbons (Fsp3) is 0.667. The predicted molar refractivity (Wildman–Crippen MR) is 57.7 cm³/mol.